The number of nitro groups is 1. The summed E-state index contributed by atoms with van der Waals surface area (Å²) < 4.78 is 0. The average Bonchev–Trinajstić information content (AvgIpc) is 2.61. The Morgan fingerprint density at radius 1 is 1.08 bits per heavy atom. The zero-order valence-corrected chi connectivity index (χ0v) is 15.3. The molecular formula is C18H17Cl2N3O3. The first-order chi connectivity index (χ1) is 12.4. The van der Waals surface area contributed by atoms with E-state index in [1.54, 1.807) is 30.3 Å². The number of nitrogens with zero attached hydrogens (tertiary/aromatic N) is 2. The molecular weight excluding hydrogens is 377 g/mol. The van der Waals surface area contributed by atoms with Crippen LogP contribution in [0.4, 0.5) is 17.1 Å². The van der Waals surface area contributed by atoms with E-state index >= 15 is 0 Å². The third-order valence-corrected chi connectivity index (χ3v) is 4.86. The van der Waals surface area contributed by atoms with Gasteiger partial charge in [-0.3, -0.25) is 14.9 Å². The van der Waals surface area contributed by atoms with Crippen LogP contribution in [0.5, 0.6) is 0 Å². The van der Waals surface area contributed by atoms with Crippen molar-refractivity contribution < 1.29 is 9.72 Å². The van der Waals surface area contributed by atoms with Crippen molar-refractivity contribution in [2.45, 2.75) is 12.8 Å². The van der Waals surface area contributed by atoms with Crippen LogP contribution in [0.3, 0.4) is 0 Å². The molecule has 1 fully saturated rings. The maximum atomic E-state index is 12.5. The van der Waals surface area contributed by atoms with Crippen molar-refractivity contribution in [2.75, 3.05) is 23.3 Å². The molecule has 6 nitrogen and oxygen atoms in total. The van der Waals surface area contributed by atoms with Gasteiger partial charge in [-0.25, -0.2) is 0 Å². The van der Waals surface area contributed by atoms with Crippen molar-refractivity contribution >= 4 is 46.2 Å². The van der Waals surface area contributed by atoms with Gasteiger partial charge in [0.2, 0.25) is 5.91 Å². The minimum Gasteiger partial charge on any atom is -0.371 e. The number of hydrogen-bond acceptors (Lipinski definition) is 4. The highest BCUT2D eigenvalue weighted by molar-refractivity contribution is 6.35. The van der Waals surface area contributed by atoms with Crippen molar-refractivity contribution in [3.63, 3.8) is 0 Å². The number of amides is 1. The van der Waals surface area contributed by atoms with Gasteiger partial charge in [0.05, 0.1) is 4.92 Å². The van der Waals surface area contributed by atoms with E-state index < -0.39 is 4.92 Å². The zero-order valence-electron chi connectivity index (χ0n) is 13.8. The van der Waals surface area contributed by atoms with E-state index in [2.05, 4.69) is 10.2 Å². The molecule has 1 saturated heterocycles. The van der Waals surface area contributed by atoms with Crippen molar-refractivity contribution in [3.8, 4) is 0 Å². The summed E-state index contributed by atoms with van der Waals surface area (Å²) in [6.07, 6.45) is 1.41. The smallest absolute Gasteiger partial charge is 0.269 e. The topological polar surface area (TPSA) is 75.5 Å². The van der Waals surface area contributed by atoms with E-state index in [9.17, 15) is 14.9 Å². The summed E-state index contributed by atoms with van der Waals surface area (Å²) >= 11 is 11.9. The van der Waals surface area contributed by atoms with Gasteiger partial charge in [0.25, 0.3) is 5.69 Å². The lowest BCUT2D eigenvalue weighted by atomic mass is 9.95. The molecule has 1 aliphatic rings. The highest BCUT2D eigenvalue weighted by atomic mass is 35.5. The van der Waals surface area contributed by atoms with Gasteiger partial charge in [0.1, 0.15) is 0 Å². The van der Waals surface area contributed by atoms with Gasteiger partial charge in [0.15, 0.2) is 0 Å². The van der Waals surface area contributed by atoms with E-state index in [1.807, 2.05) is 0 Å². The van der Waals surface area contributed by atoms with E-state index in [1.165, 1.54) is 12.1 Å². The Kier molecular flexibility index (Phi) is 5.64. The van der Waals surface area contributed by atoms with E-state index in [4.69, 9.17) is 23.2 Å². The molecule has 0 spiro atoms. The molecule has 0 aromatic heterocycles. The Labute approximate surface area is 160 Å². The van der Waals surface area contributed by atoms with Crippen LogP contribution in [0.1, 0.15) is 12.8 Å². The normalized spacial score (nSPS) is 14.9. The van der Waals surface area contributed by atoms with Crippen LogP contribution in [-0.4, -0.2) is 23.9 Å². The molecule has 8 heteroatoms. The van der Waals surface area contributed by atoms with Crippen LogP contribution in [-0.2, 0) is 4.79 Å². The first-order valence-corrected chi connectivity index (χ1v) is 8.94. The molecule has 0 radical (unpaired) electrons. The molecule has 1 amide bonds. The molecule has 0 atom stereocenters. The summed E-state index contributed by atoms with van der Waals surface area (Å²) in [5.41, 5.74) is 1.59. The highest BCUT2D eigenvalue weighted by Crippen LogP contribution is 2.27. The number of benzene rings is 2. The predicted molar refractivity (Wildman–Crippen MR) is 103 cm³/mol. The maximum absolute atomic E-state index is 12.5. The van der Waals surface area contributed by atoms with Gasteiger partial charge >= 0.3 is 0 Å². The van der Waals surface area contributed by atoms with Gasteiger partial charge < -0.3 is 10.2 Å². The fourth-order valence-corrected chi connectivity index (χ4v) is 3.58. The molecule has 0 saturated carbocycles. The maximum Gasteiger partial charge on any atom is 0.269 e. The summed E-state index contributed by atoms with van der Waals surface area (Å²) in [5, 5.41) is 14.5. The van der Waals surface area contributed by atoms with Crippen LogP contribution in [0.2, 0.25) is 10.0 Å². The van der Waals surface area contributed by atoms with Crippen LogP contribution >= 0.6 is 23.2 Å². The summed E-state index contributed by atoms with van der Waals surface area (Å²) in [6.45, 7) is 1.43. The molecule has 0 unspecified atom stereocenters. The van der Waals surface area contributed by atoms with Gasteiger partial charge in [-0.15, -0.1) is 0 Å². The number of piperidine rings is 1. The number of halogens is 2. The van der Waals surface area contributed by atoms with Gasteiger partial charge in [-0.05, 0) is 43.2 Å². The molecule has 1 N–H and O–H groups in total. The van der Waals surface area contributed by atoms with Crippen LogP contribution < -0.4 is 10.2 Å². The van der Waals surface area contributed by atoms with Crippen LogP contribution in [0, 0.1) is 16.0 Å². The van der Waals surface area contributed by atoms with Gasteiger partial charge in [-0.1, -0.05) is 23.2 Å². The monoisotopic (exact) mass is 393 g/mol. The SMILES string of the molecule is O=C(Nc1cc(Cl)cc(Cl)c1)C1CCN(c2ccc([N+](=O)[O-])cc2)CC1. The average molecular weight is 394 g/mol. The first kappa shape index (κ1) is 18.5. The Hall–Kier alpha value is -2.31. The Balaban J connectivity index is 1.57. The van der Waals surface area contributed by atoms with Crippen molar-refractivity contribution in [1.29, 1.82) is 0 Å². The molecule has 26 heavy (non-hydrogen) atoms. The number of non-ortho nitro benzene ring substituents is 1. The summed E-state index contributed by atoms with van der Waals surface area (Å²) in [6, 6.07) is 11.4. The molecule has 0 bridgehead atoms. The van der Waals surface area contributed by atoms with Gasteiger partial charge in [0, 0.05) is 52.6 Å². The lowest BCUT2D eigenvalue weighted by Crippen LogP contribution is -2.38. The minimum atomic E-state index is -0.414. The number of carbonyl (C=O) groups excluding carboxylic acids is 1. The molecule has 1 aliphatic heterocycles. The summed E-state index contributed by atoms with van der Waals surface area (Å²) in [7, 11) is 0. The summed E-state index contributed by atoms with van der Waals surface area (Å²) in [5.74, 6) is -0.145. The van der Waals surface area contributed by atoms with Gasteiger partial charge in [-0.2, -0.15) is 0 Å². The number of carbonyl (C=O) groups is 1. The molecule has 3 rings (SSSR count). The second kappa shape index (κ2) is 7.93. The molecule has 136 valence electrons. The van der Waals surface area contributed by atoms with Crippen LogP contribution in [0.25, 0.3) is 0 Å². The number of nitro benzene ring substituents is 1. The first-order valence-electron chi connectivity index (χ1n) is 8.19. The van der Waals surface area contributed by atoms with E-state index in [0.29, 0.717) is 41.7 Å². The number of hydrogen-bond donors (Lipinski definition) is 1. The third-order valence-electron chi connectivity index (χ3n) is 4.42. The second-order valence-corrected chi connectivity index (χ2v) is 7.06. The third kappa shape index (κ3) is 4.45. The van der Waals surface area contributed by atoms with E-state index in [0.717, 1.165) is 5.69 Å². The second-order valence-electron chi connectivity index (χ2n) is 6.18. The highest BCUT2D eigenvalue weighted by Gasteiger charge is 2.25. The van der Waals surface area contributed by atoms with Crippen molar-refractivity contribution in [2.24, 2.45) is 5.92 Å². The Morgan fingerprint density at radius 3 is 2.19 bits per heavy atom. The molecule has 0 aliphatic carbocycles. The van der Waals surface area contributed by atoms with E-state index in [-0.39, 0.29) is 17.5 Å². The quantitative estimate of drug-likeness (QED) is 0.600. The standard InChI is InChI=1S/C18H17Cl2N3O3/c19-13-9-14(20)11-15(10-13)21-18(24)12-5-7-22(8-6-12)16-1-3-17(4-2-16)23(25)26/h1-4,9-12H,5-8H2,(H,21,24). The Bertz CT molecular complexity index is 799. The number of nitrogens with one attached hydrogen (secondary N) is 1. The van der Waals surface area contributed by atoms with Crippen LogP contribution in [0.15, 0.2) is 42.5 Å². The fraction of sp³-hybridized carbons (Fsp3) is 0.278. The number of rotatable bonds is 4. The zero-order chi connectivity index (χ0) is 18.7. The molecule has 1 heterocycles. The van der Waals surface area contributed by atoms with Crippen molar-refractivity contribution in [3.05, 3.63) is 62.6 Å². The predicted octanol–water partition coefficient (Wildman–Crippen LogP) is 4.76. The van der Waals surface area contributed by atoms with Crippen molar-refractivity contribution in [1.82, 2.24) is 0 Å². The molecule has 2 aromatic carbocycles. The fourth-order valence-electron chi connectivity index (χ4n) is 3.06. The number of anilines is 2. The summed E-state index contributed by atoms with van der Waals surface area (Å²) in [4.78, 5) is 24.9. The minimum absolute atomic E-state index is 0.0494. The Morgan fingerprint density at radius 2 is 1.65 bits per heavy atom. The largest absolute Gasteiger partial charge is 0.371 e. The molecule has 2 aromatic rings. The lowest BCUT2D eigenvalue weighted by Gasteiger charge is -2.33. The lowest BCUT2D eigenvalue weighted by molar-refractivity contribution is -0.384.